The average Bonchev–Trinajstić information content (AvgIpc) is 3.80. The van der Waals surface area contributed by atoms with Crippen molar-refractivity contribution in [2.45, 2.75) is 0 Å². The Hall–Kier alpha value is -6.74. The quantitative estimate of drug-likeness (QED) is 0.168. The van der Waals surface area contributed by atoms with Crippen molar-refractivity contribution in [2.75, 3.05) is 0 Å². The van der Waals surface area contributed by atoms with Gasteiger partial charge in [0.1, 0.15) is 0 Å². The number of benzene rings is 9. The Labute approximate surface area is 317 Å². The third kappa shape index (κ3) is 4.85. The van der Waals surface area contributed by atoms with Gasteiger partial charge in [-0.1, -0.05) is 170 Å². The number of hydrogen-bond acceptors (Lipinski definition) is 1. The topological polar surface area (TPSA) is 4.93 Å². The summed E-state index contributed by atoms with van der Waals surface area (Å²) in [6, 6.07) is 73.3. The molecule has 2 aromatic heterocycles. The summed E-state index contributed by atoms with van der Waals surface area (Å²) in [7, 11) is 0. The zero-order valence-electron chi connectivity index (χ0n) is 29.4. The van der Waals surface area contributed by atoms with Gasteiger partial charge in [0, 0.05) is 42.1 Å². The van der Waals surface area contributed by atoms with Crippen LogP contribution in [0.3, 0.4) is 0 Å². The first kappa shape index (κ1) is 30.8. The maximum absolute atomic E-state index is 2.48. The molecule has 0 amide bonds. The molecule has 0 saturated carbocycles. The molecule has 0 atom stereocenters. The van der Waals surface area contributed by atoms with Gasteiger partial charge < -0.3 is 4.57 Å². The van der Waals surface area contributed by atoms with Crippen LogP contribution in [0, 0.1) is 0 Å². The van der Waals surface area contributed by atoms with Gasteiger partial charge in [-0.3, -0.25) is 0 Å². The number of rotatable bonds is 5. The molecule has 252 valence electrons. The van der Waals surface area contributed by atoms with Crippen molar-refractivity contribution in [3.05, 3.63) is 200 Å². The highest BCUT2D eigenvalue weighted by molar-refractivity contribution is 7.27. The van der Waals surface area contributed by atoms with Crippen LogP contribution in [-0.4, -0.2) is 4.57 Å². The van der Waals surface area contributed by atoms with Gasteiger partial charge in [0.2, 0.25) is 0 Å². The fourth-order valence-electron chi connectivity index (χ4n) is 8.49. The molecule has 0 aliphatic rings. The molecule has 11 aromatic rings. The lowest BCUT2D eigenvalue weighted by Crippen LogP contribution is -1.98. The van der Waals surface area contributed by atoms with Gasteiger partial charge in [-0.2, -0.15) is 0 Å². The molecule has 0 radical (unpaired) electrons. The Morgan fingerprint density at radius 3 is 1.50 bits per heavy atom. The highest BCUT2D eigenvalue weighted by Crippen LogP contribution is 2.46. The second-order valence-corrected chi connectivity index (χ2v) is 15.1. The van der Waals surface area contributed by atoms with Crippen LogP contribution in [0.5, 0.6) is 0 Å². The second-order valence-electron chi connectivity index (χ2n) is 14.0. The molecule has 1 nitrogen and oxygen atoms in total. The van der Waals surface area contributed by atoms with Gasteiger partial charge >= 0.3 is 0 Å². The van der Waals surface area contributed by atoms with E-state index >= 15 is 0 Å². The van der Waals surface area contributed by atoms with E-state index in [0.29, 0.717) is 0 Å². The molecular formula is C52H33NS. The van der Waals surface area contributed by atoms with Gasteiger partial charge in [0.05, 0.1) is 16.7 Å². The molecule has 0 aliphatic carbocycles. The smallest absolute Gasteiger partial charge is 0.0541 e. The summed E-state index contributed by atoms with van der Waals surface area (Å²) in [5.74, 6) is 0. The predicted molar refractivity (Wildman–Crippen MR) is 233 cm³/mol. The summed E-state index contributed by atoms with van der Waals surface area (Å²) >= 11 is 1.92. The molecular weight excluding hydrogens is 671 g/mol. The minimum Gasteiger partial charge on any atom is -0.309 e. The van der Waals surface area contributed by atoms with Gasteiger partial charge in [0.15, 0.2) is 0 Å². The standard InChI is InChI=1S/C52H33NS/c1-3-14-34(15-4-1)37-27-30-49-46(32-37)47-33-38(35-16-5-2-6-17-35)28-31-50(47)53(49)48-25-12-11-22-42(48)40-20-9-10-21-41(40)43-23-13-24-44-45-29-26-36-18-7-8-19-39(36)51(45)54-52(43)44/h1-33H. The van der Waals surface area contributed by atoms with Crippen molar-refractivity contribution >= 4 is 64.1 Å². The van der Waals surface area contributed by atoms with Crippen molar-refractivity contribution in [3.8, 4) is 50.2 Å². The Balaban J connectivity index is 1.15. The maximum Gasteiger partial charge on any atom is 0.0541 e. The monoisotopic (exact) mass is 703 g/mol. The fraction of sp³-hybridized carbons (Fsp3) is 0. The molecule has 2 heterocycles. The summed E-state index contributed by atoms with van der Waals surface area (Å²) in [5, 5.41) is 7.72. The van der Waals surface area contributed by atoms with Crippen molar-refractivity contribution in [1.82, 2.24) is 4.57 Å². The van der Waals surface area contributed by atoms with E-state index in [4.69, 9.17) is 0 Å². The second kappa shape index (κ2) is 12.4. The lowest BCUT2D eigenvalue weighted by Gasteiger charge is -2.17. The summed E-state index contributed by atoms with van der Waals surface area (Å²) in [6.45, 7) is 0. The van der Waals surface area contributed by atoms with E-state index in [9.17, 15) is 0 Å². The van der Waals surface area contributed by atoms with Crippen LogP contribution < -0.4 is 0 Å². The Morgan fingerprint density at radius 1 is 0.296 bits per heavy atom. The SMILES string of the molecule is c1ccc(-c2ccc3c(c2)c2cc(-c4ccccc4)ccc2n3-c2ccccc2-c2ccccc2-c2cccc3c2sc2c4ccccc4ccc32)cc1. The highest BCUT2D eigenvalue weighted by atomic mass is 32.1. The van der Waals surface area contributed by atoms with E-state index in [-0.39, 0.29) is 0 Å². The van der Waals surface area contributed by atoms with Crippen LogP contribution in [0.15, 0.2) is 200 Å². The summed E-state index contributed by atoms with van der Waals surface area (Å²) < 4.78 is 5.16. The summed E-state index contributed by atoms with van der Waals surface area (Å²) in [4.78, 5) is 0. The Kier molecular flexibility index (Phi) is 7.11. The molecule has 0 N–H and O–H groups in total. The first-order chi connectivity index (χ1) is 26.8. The molecule has 0 aliphatic heterocycles. The molecule has 9 aromatic carbocycles. The first-order valence-electron chi connectivity index (χ1n) is 18.5. The maximum atomic E-state index is 2.48. The van der Waals surface area contributed by atoms with Gasteiger partial charge in [-0.05, 0) is 74.5 Å². The number of hydrogen-bond donors (Lipinski definition) is 0. The molecule has 11 rings (SSSR count). The van der Waals surface area contributed by atoms with Crippen molar-refractivity contribution in [2.24, 2.45) is 0 Å². The Morgan fingerprint density at radius 2 is 0.815 bits per heavy atom. The van der Waals surface area contributed by atoms with E-state index in [1.54, 1.807) is 0 Å². The van der Waals surface area contributed by atoms with Crippen LogP contribution >= 0.6 is 11.3 Å². The molecule has 2 heteroatoms. The van der Waals surface area contributed by atoms with Gasteiger partial charge in [0.25, 0.3) is 0 Å². The van der Waals surface area contributed by atoms with Gasteiger partial charge in [-0.25, -0.2) is 0 Å². The number of nitrogens with zero attached hydrogens (tertiary/aromatic N) is 1. The fourth-order valence-corrected chi connectivity index (χ4v) is 9.85. The molecule has 0 bridgehead atoms. The minimum atomic E-state index is 1.17. The molecule has 0 saturated heterocycles. The number of thiophene rings is 1. The lowest BCUT2D eigenvalue weighted by molar-refractivity contribution is 1.18. The van der Waals surface area contributed by atoms with Crippen molar-refractivity contribution in [1.29, 1.82) is 0 Å². The minimum absolute atomic E-state index is 1.17. The number of fused-ring (bicyclic) bond motifs is 8. The van der Waals surface area contributed by atoms with Gasteiger partial charge in [-0.15, -0.1) is 11.3 Å². The normalized spacial score (nSPS) is 11.7. The number of para-hydroxylation sites is 1. The predicted octanol–water partition coefficient (Wildman–Crippen LogP) is 15.0. The average molecular weight is 704 g/mol. The zero-order valence-corrected chi connectivity index (χ0v) is 30.2. The van der Waals surface area contributed by atoms with E-state index in [1.807, 2.05) is 11.3 Å². The van der Waals surface area contributed by atoms with E-state index < -0.39 is 0 Å². The van der Waals surface area contributed by atoms with Crippen LogP contribution in [-0.2, 0) is 0 Å². The molecule has 0 fully saturated rings. The third-order valence-corrected chi connectivity index (χ3v) is 12.3. The van der Waals surface area contributed by atoms with E-state index in [2.05, 4.69) is 205 Å². The van der Waals surface area contributed by atoms with Crippen LogP contribution in [0.4, 0.5) is 0 Å². The largest absolute Gasteiger partial charge is 0.309 e. The highest BCUT2D eigenvalue weighted by Gasteiger charge is 2.20. The molecule has 0 spiro atoms. The van der Waals surface area contributed by atoms with E-state index in [1.165, 1.54) is 103 Å². The molecule has 54 heavy (non-hydrogen) atoms. The molecule has 0 unspecified atom stereocenters. The number of aromatic nitrogens is 1. The van der Waals surface area contributed by atoms with E-state index in [0.717, 1.165) is 0 Å². The first-order valence-corrected chi connectivity index (χ1v) is 19.3. The Bertz CT molecular complexity index is 3110. The zero-order chi connectivity index (χ0) is 35.6. The van der Waals surface area contributed by atoms with Crippen LogP contribution in [0.1, 0.15) is 0 Å². The van der Waals surface area contributed by atoms with Crippen molar-refractivity contribution < 1.29 is 0 Å². The van der Waals surface area contributed by atoms with Crippen molar-refractivity contribution in [3.63, 3.8) is 0 Å². The summed E-state index contributed by atoms with van der Waals surface area (Å²) in [5.41, 5.74) is 13.4. The lowest BCUT2D eigenvalue weighted by atomic mass is 9.92. The van der Waals surface area contributed by atoms with Crippen LogP contribution in [0.25, 0.3) is 103 Å². The third-order valence-electron chi connectivity index (χ3n) is 11.0. The van der Waals surface area contributed by atoms with Crippen LogP contribution in [0.2, 0.25) is 0 Å². The summed E-state index contributed by atoms with van der Waals surface area (Å²) in [6.07, 6.45) is 0.